The van der Waals surface area contributed by atoms with Crippen LogP contribution < -0.4 is 9.62 Å². The van der Waals surface area contributed by atoms with Crippen LogP contribution in [0.15, 0.2) is 48.5 Å². The lowest BCUT2D eigenvalue weighted by Gasteiger charge is -2.28. The van der Waals surface area contributed by atoms with E-state index in [0.29, 0.717) is 30.6 Å². The van der Waals surface area contributed by atoms with Crippen LogP contribution in [0, 0.1) is 6.92 Å². The van der Waals surface area contributed by atoms with E-state index in [4.69, 9.17) is 0 Å². The number of para-hydroxylation sites is 1. The number of anilines is 1. The molecule has 3 rings (SSSR count). The number of carbonyl (C=O) groups excluding carboxylic acids is 2. The number of sulfonamides is 1. The first-order valence-corrected chi connectivity index (χ1v) is 12.5. The number of rotatable bonds is 8. The number of aryl methyl sites for hydroxylation is 1. The van der Waals surface area contributed by atoms with E-state index in [9.17, 15) is 31.2 Å². The second-order valence-electron chi connectivity index (χ2n) is 8.24. The third-order valence-corrected chi connectivity index (χ3v) is 6.72. The molecule has 184 valence electrons. The molecule has 11 heteroatoms. The van der Waals surface area contributed by atoms with Gasteiger partial charge in [0.05, 0.1) is 23.5 Å². The van der Waals surface area contributed by atoms with Crippen LogP contribution in [0.2, 0.25) is 0 Å². The van der Waals surface area contributed by atoms with E-state index in [1.807, 2.05) is 0 Å². The smallest absolute Gasteiger partial charge is 0.346 e. The molecule has 1 heterocycles. The van der Waals surface area contributed by atoms with Gasteiger partial charge in [0.1, 0.15) is 6.54 Å². The molecule has 2 aromatic rings. The van der Waals surface area contributed by atoms with Gasteiger partial charge in [-0.15, -0.1) is 0 Å². The summed E-state index contributed by atoms with van der Waals surface area (Å²) in [5, 5.41) is 2.64. The fraction of sp³-hybridized carbons (Fsp3) is 0.391. The van der Waals surface area contributed by atoms with Crippen LogP contribution in [-0.2, 0) is 25.8 Å². The topological polar surface area (TPSA) is 86.8 Å². The van der Waals surface area contributed by atoms with Gasteiger partial charge >= 0.3 is 6.18 Å². The van der Waals surface area contributed by atoms with Crippen molar-refractivity contribution in [3.8, 4) is 0 Å². The van der Waals surface area contributed by atoms with Crippen LogP contribution in [0.4, 0.5) is 18.9 Å². The lowest BCUT2D eigenvalue weighted by Crippen LogP contribution is -2.44. The van der Waals surface area contributed by atoms with Gasteiger partial charge in [-0.3, -0.25) is 13.9 Å². The molecule has 0 spiro atoms. The standard InChI is InChI=1S/C23H26F3N3O4S/c1-16-7-3-4-10-20(16)29(34(2,32)33)15-21(30)27-19(14-28-12-6-11-22(28)31)17-8-5-9-18(13-17)23(24,25)26/h3-5,7-10,13,19H,6,11-12,14-15H2,1-2H3,(H,27,30). The zero-order valence-corrected chi connectivity index (χ0v) is 19.6. The number of benzene rings is 2. The summed E-state index contributed by atoms with van der Waals surface area (Å²) < 4.78 is 65.6. The summed E-state index contributed by atoms with van der Waals surface area (Å²) in [5.74, 6) is -0.855. The number of alkyl halides is 3. The summed E-state index contributed by atoms with van der Waals surface area (Å²) in [4.78, 5) is 26.6. The first-order chi connectivity index (χ1) is 15.9. The summed E-state index contributed by atoms with van der Waals surface area (Å²) in [5.41, 5.74) is 0.252. The Hall–Kier alpha value is -3.08. The molecule has 0 saturated carbocycles. The minimum Gasteiger partial charge on any atom is -0.346 e. The third-order valence-electron chi connectivity index (χ3n) is 5.60. The van der Waals surface area contributed by atoms with Gasteiger partial charge in [-0.25, -0.2) is 8.42 Å². The van der Waals surface area contributed by atoms with E-state index in [1.165, 1.54) is 17.0 Å². The minimum atomic E-state index is -4.58. The highest BCUT2D eigenvalue weighted by Crippen LogP contribution is 2.31. The quantitative estimate of drug-likeness (QED) is 0.607. The highest BCUT2D eigenvalue weighted by molar-refractivity contribution is 7.92. The van der Waals surface area contributed by atoms with Crippen molar-refractivity contribution in [1.82, 2.24) is 10.2 Å². The van der Waals surface area contributed by atoms with E-state index in [0.717, 1.165) is 22.7 Å². The first kappa shape index (κ1) is 25.5. The predicted octanol–water partition coefficient (Wildman–Crippen LogP) is 3.26. The third kappa shape index (κ3) is 6.28. The normalized spacial score (nSPS) is 15.3. The Bertz CT molecular complexity index is 1170. The van der Waals surface area contributed by atoms with Gasteiger partial charge in [-0.2, -0.15) is 13.2 Å². The second-order valence-corrected chi connectivity index (χ2v) is 10.1. The number of nitrogens with zero attached hydrogens (tertiary/aromatic N) is 2. The van der Waals surface area contributed by atoms with Crippen molar-refractivity contribution in [1.29, 1.82) is 0 Å². The zero-order valence-electron chi connectivity index (χ0n) is 18.8. The van der Waals surface area contributed by atoms with Crippen molar-refractivity contribution in [2.45, 2.75) is 32.0 Å². The van der Waals surface area contributed by atoms with Crippen LogP contribution in [0.1, 0.15) is 35.6 Å². The maximum Gasteiger partial charge on any atom is 0.416 e. The maximum absolute atomic E-state index is 13.3. The predicted molar refractivity (Wildman–Crippen MR) is 122 cm³/mol. The molecule has 1 fully saturated rings. The van der Waals surface area contributed by atoms with Crippen LogP contribution in [0.3, 0.4) is 0 Å². The van der Waals surface area contributed by atoms with Gasteiger partial charge in [-0.1, -0.05) is 30.3 Å². The number of hydrogen-bond acceptors (Lipinski definition) is 4. The number of carbonyl (C=O) groups is 2. The largest absolute Gasteiger partial charge is 0.416 e. The fourth-order valence-corrected chi connectivity index (χ4v) is 4.79. The Kier molecular flexibility index (Phi) is 7.54. The van der Waals surface area contributed by atoms with Crippen molar-refractivity contribution in [2.75, 3.05) is 30.2 Å². The number of nitrogens with one attached hydrogen (secondary N) is 1. The van der Waals surface area contributed by atoms with Gasteiger partial charge in [0.25, 0.3) is 0 Å². The molecule has 1 N–H and O–H groups in total. The Morgan fingerprint density at radius 2 is 1.88 bits per heavy atom. The van der Waals surface area contributed by atoms with E-state index in [2.05, 4.69) is 5.32 Å². The summed E-state index contributed by atoms with van der Waals surface area (Å²) in [6, 6.07) is 10.2. The molecule has 0 aliphatic carbocycles. The molecular weight excluding hydrogens is 471 g/mol. The molecule has 0 bridgehead atoms. The molecule has 1 aliphatic rings. The molecule has 2 amide bonds. The number of halogens is 3. The lowest BCUT2D eigenvalue weighted by molar-refractivity contribution is -0.137. The number of amides is 2. The molecule has 7 nitrogen and oxygen atoms in total. The number of likely N-dealkylation sites (tertiary alicyclic amines) is 1. The van der Waals surface area contributed by atoms with Crippen LogP contribution >= 0.6 is 0 Å². The average Bonchev–Trinajstić information content (AvgIpc) is 3.15. The SMILES string of the molecule is Cc1ccccc1N(CC(=O)NC(CN1CCCC1=O)c1cccc(C(F)(F)F)c1)S(C)(=O)=O. The van der Waals surface area contributed by atoms with Crippen molar-refractivity contribution >= 4 is 27.5 Å². The Morgan fingerprint density at radius 1 is 1.18 bits per heavy atom. The van der Waals surface area contributed by atoms with E-state index < -0.39 is 40.3 Å². The van der Waals surface area contributed by atoms with Gasteiger partial charge < -0.3 is 10.2 Å². The summed E-state index contributed by atoms with van der Waals surface area (Å²) in [6.45, 7) is 1.56. The van der Waals surface area contributed by atoms with Crippen molar-refractivity contribution < 1.29 is 31.2 Å². The molecule has 1 atom stereocenters. The molecule has 1 aliphatic heterocycles. The average molecular weight is 498 g/mol. The molecule has 1 saturated heterocycles. The number of hydrogen-bond donors (Lipinski definition) is 1. The highest BCUT2D eigenvalue weighted by atomic mass is 32.2. The van der Waals surface area contributed by atoms with Crippen LogP contribution in [0.25, 0.3) is 0 Å². The zero-order chi connectivity index (χ0) is 25.1. The fourth-order valence-electron chi connectivity index (χ4n) is 3.88. The van der Waals surface area contributed by atoms with Crippen LogP contribution in [-0.4, -0.2) is 51.0 Å². The lowest BCUT2D eigenvalue weighted by atomic mass is 10.0. The van der Waals surface area contributed by atoms with Crippen molar-refractivity contribution in [3.63, 3.8) is 0 Å². The molecular formula is C23H26F3N3O4S. The molecule has 1 unspecified atom stereocenters. The first-order valence-electron chi connectivity index (χ1n) is 10.6. The highest BCUT2D eigenvalue weighted by Gasteiger charge is 2.32. The summed E-state index contributed by atoms with van der Waals surface area (Å²) in [7, 11) is -3.83. The summed E-state index contributed by atoms with van der Waals surface area (Å²) >= 11 is 0. The Balaban J connectivity index is 1.88. The van der Waals surface area contributed by atoms with Gasteiger partial charge in [0.2, 0.25) is 21.8 Å². The van der Waals surface area contributed by atoms with Gasteiger partial charge in [0.15, 0.2) is 0 Å². The summed E-state index contributed by atoms with van der Waals surface area (Å²) in [6.07, 6.45) is -2.65. The molecule has 2 aromatic carbocycles. The Labute approximate surface area is 196 Å². The molecule has 0 aromatic heterocycles. The van der Waals surface area contributed by atoms with E-state index in [1.54, 1.807) is 31.2 Å². The minimum absolute atomic E-state index is 0.0187. The monoisotopic (exact) mass is 497 g/mol. The van der Waals surface area contributed by atoms with Crippen LogP contribution in [0.5, 0.6) is 0 Å². The van der Waals surface area contributed by atoms with Gasteiger partial charge in [-0.05, 0) is 42.7 Å². The van der Waals surface area contributed by atoms with Gasteiger partial charge in [0, 0.05) is 19.5 Å². The van der Waals surface area contributed by atoms with Crippen molar-refractivity contribution in [3.05, 3.63) is 65.2 Å². The maximum atomic E-state index is 13.3. The van der Waals surface area contributed by atoms with Crippen molar-refractivity contribution in [2.24, 2.45) is 0 Å². The molecule has 0 radical (unpaired) electrons. The van der Waals surface area contributed by atoms with E-state index >= 15 is 0 Å². The Morgan fingerprint density at radius 3 is 2.47 bits per heavy atom. The molecule has 34 heavy (non-hydrogen) atoms. The van der Waals surface area contributed by atoms with E-state index in [-0.39, 0.29) is 18.0 Å². The second kappa shape index (κ2) is 10.0.